The number of halogens is 2. The summed E-state index contributed by atoms with van der Waals surface area (Å²) >= 11 is 1.19. The number of amides is 1. The number of ether oxygens (including phenoxy) is 1. The van der Waals surface area contributed by atoms with Crippen LogP contribution in [0, 0.1) is 6.92 Å². The monoisotopic (exact) mass is 474 g/mol. The Kier molecular flexibility index (Phi) is 7.78. The molecule has 0 aliphatic carbocycles. The number of hydrogen-bond donors (Lipinski definition) is 3. The van der Waals surface area contributed by atoms with Gasteiger partial charge in [-0.1, -0.05) is 11.8 Å². The molecule has 3 aromatic rings. The molecule has 0 saturated carbocycles. The summed E-state index contributed by atoms with van der Waals surface area (Å²) in [6, 6.07) is 9.95. The van der Waals surface area contributed by atoms with Crippen molar-refractivity contribution in [3.63, 3.8) is 0 Å². The predicted molar refractivity (Wildman–Crippen MR) is 119 cm³/mol. The number of nitrogens with zero attached hydrogens (tertiary/aromatic N) is 3. The number of phenolic OH excluding ortho intramolecular Hbond substituents is 2. The zero-order valence-corrected chi connectivity index (χ0v) is 18.4. The van der Waals surface area contributed by atoms with E-state index in [4.69, 9.17) is 4.74 Å². The van der Waals surface area contributed by atoms with Gasteiger partial charge in [0.25, 0.3) is 12.3 Å². The van der Waals surface area contributed by atoms with E-state index in [9.17, 15) is 23.8 Å². The molecule has 3 rings (SSSR count). The summed E-state index contributed by atoms with van der Waals surface area (Å²) in [4.78, 5) is 20.2. The second-order valence-electron chi connectivity index (χ2n) is 6.81. The minimum absolute atomic E-state index is 0.0396. The van der Waals surface area contributed by atoms with E-state index in [0.717, 1.165) is 11.6 Å². The Morgan fingerprint density at radius 2 is 1.91 bits per heavy atom. The fraction of sp³-hybridized carbons (Fsp3) is 0.182. The molecule has 1 aromatic heterocycles. The molecule has 8 nitrogen and oxygen atoms in total. The van der Waals surface area contributed by atoms with Gasteiger partial charge >= 0.3 is 0 Å². The molecule has 0 atom stereocenters. The first-order valence-electron chi connectivity index (χ1n) is 9.55. The van der Waals surface area contributed by atoms with Gasteiger partial charge in [0.1, 0.15) is 22.9 Å². The Balaban J connectivity index is 1.71. The largest absolute Gasteiger partial charge is 0.508 e. The van der Waals surface area contributed by atoms with E-state index in [2.05, 4.69) is 20.5 Å². The number of carbonyl (C=O) groups excluding carboxylic acids is 1. The predicted octanol–water partition coefficient (Wildman–Crippen LogP) is 4.20. The summed E-state index contributed by atoms with van der Waals surface area (Å²) in [6.45, 7) is 1.63. The number of aromatic hydroxyl groups is 2. The Bertz CT molecular complexity index is 1170. The Hall–Kier alpha value is -3.73. The zero-order valence-electron chi connectivity index (χ0n) is 17.6. The number of phenols is 2. The van der Waals surface area contributed by atoms with Crippen LogP contribution in [0.1, 0.15) is 39.3 Å². The van der Waals surface area contributed by atoms with Gasteiger partial charge in [-0.25, -0.2) is 24.2 Å². The van der Waals surface area contributed by atoms with Crippen molar-refractivity contribution in [3.05, 3.63) is 70.5 Å². The number of hydrogen-bond acceptors (Lipinski definition) is 8. The average Bonchev–Trinajstić information content (AvgIpc) is 2.76. The molecular weight excluding hydrogens is 454 g/mol. The molecule has 11 heteroatoms. The first kappa shape index (κ1) is 23.9. The van der Waals surface area contributed by atoms with Crippen LogP contribution >= 0.6 is 11.8 Å². The van der Waals surface area contributed by atoms with E-state index in [1.165, 1.54) is 43.3 Å². The quantitative estimate of drug-likeness (QED) is 0.194. The van der Waals surface area contributed by atoms with Gasteiger partial charge < -0.3 is 14.9 Å². The van der Waals surface area contributed by atoms with E-state index in [1.807, 2.05) is 0 Å². The molecule has 172 valence electrons. The summed E-state index contributed by atoms with van der Waals surface area (Å²) in [6.07, 6.45) is -1.27. The van der Waals surface area contributed by atoms with Crippen LogP contribution in [0.4, 0.5) is 8.78 Å². The number of aromatic nitrogens is 2. The van der Waals surface area contributed by atoms with Crippen LogP contribution in [-0.2, 0) is 5.75 Å². The van der Waals surface area contributed by atoms with Crippen molar-refractivity contribution in [1.82, 2.24) is 15.4 Å². The molecule has 33 heavy (non-hydrogen) atoms. The Morgan fingerprint density at radius 3 is 2.58 bits per heavy atom. The van der Waals surface area contributed by atoms with Crippen LogP contribution in [0.15, 0.2) is 52.7 Å². The molecule has 0 unspecified atom stereocenters. The molecule has 0 bridgehead atoms. The number of alkyl halides is 2. The van der Waals surface area contributed by atoms with Crippen LogP contribution in [0.3, 0.4) is 0 Å². The highest BCUT2D eigenvalue weighted by atomic mass is 32.2. The van der Waals surface area contributed by atoms with Crippen LogP contribution < -0.4 is 10.2 Å². The van der Waals surface area contributed by atoms with Gasteiger partial charge in [0, 0.05) is 28.6 Å². The SMILES string of the molecule is COc1ccc(/C=N/NC(=O)c2cc(O)cc(O)c2)cc1CSc1nc(C)cc(C(F)F)n1. The molecule has 0 saturated heterocycles. The third-order valence-corrected chi connectivity index (χ3v) is 5.18. The van der Waals surface area contributed by atoms with Crippen molar-refractivity contribution >= 4 is 23.9 Å². The van der Waals surface area contributed by atoms with Crippen molar-refractivity contribution in [1.29, 1.82) is 0 Å². The van der Waals surface area contributed by atoms with Gasteiger partial charge in [-0.15, -0.1) is 0 Å². The van der Waals surface area contributed by atoms with Crippen molar-refractivity contribution in [2.45, 2.75) is 24.3 Å². The van der Waals surface area contributed by atoms with Crippen LogP contribution in [0.2, 0.25) is 0 Å². The Labute approximate surface area is 192 Å². The fourth-order valence-electron chi connectivity index (χ4n) is 2.83. The van der Waals surface area contributed by atoms with Crippen LogP contribution in [0.5, 0.6) is 17.2 Å². The highest BCUT2D eigenvalue weighted by molar-refractivity contribution is 7.98. The van der Waals surface area contributed by atoms with Gasteiger partial charge in [-0.3, -0.25) is 4.79 Å². The summed E-state index contributed by atoms with van der Waals surface area (Å²) < 4.78 is 31.4. The van der Waals surface area contributed by atoms with Gasteiger partial charge in [0.15, 0.2) is 5.16 Å². The highest BCUT2D eigenvalue weighted by Crippen LogP contribution is 2.28. The second-order valence-corrected chi connectivity index (χ2v) is 7.76. The van der Waals surface area contributed by atoms with E-state index in [0.29, 0.717) is 22.8 Å². The van der Waals surface area contributed by atoms with E-state index in [1.54, 1.807) is 25.1 Å². The molecule has 0 radical (unpaired) electrons. The van der Waals surface area contributed by atoms with Gasteiger partial charge in [-0.05, 0) is 48.9 Å². The van der Waals surface area contributed by atoms with Gasteiger partial charge in [0.2, 0.25) is 0 Å². The summed E-state index contributed by atoms with van der Waals surface area (Å²) in [5, 5.41) is 23.1. The number of methoxy groups -OCH3 is 1. The van der Waals surface area contributed by atoms with E-state index in [-0.39, 0.29) is 27.9 Å². The summed E-state index contributed by atoms with van der Waals surface area (Å²) in [5.74, 6) is -0.181. The number of aryl methyl sites for hydroxylation is 1. The van der Waals surface area contributed by atoms with E-state index < -0.39 is 12.3 Å². The van der Waals surface area contributed by atoms with Gasteiger partial charge in [-0.2, -0.15) is 5.10 Å². The van der Waals surface area contributed by atoms with Crippen LogP contribution in [0.25, 0.3) is 0 Å². The summed E-state index contributed by atoms with van der Waals surface area (Å²) in [7, 11) is 1.51. The minimum atomic E-state index is -2.68. The number of nitrogens with one attached hydrogen (secondary N) is 1. The number of rotatable bonds is 8. The number of carbonyl (C=O) groups is 1. The highest BCUT2D eigenvalue weighted by Gasteiger charge is 2.13. The maximum absolute atomic E-state index is 13.0. The third kappa shape index (κ3) is 6.62. The summed E-state index contributed by atoms with van der Waals surface area (Å²) in [5.41, 5.74) is 3.87. The number of thioether (sulfide) groups is 1. The molecule has 0 fully saturated rings. The van der Waals surface area contributed by atoms with Crippen molar-refractivity contribution in [2.24, 2.45) is 5.10 Å². The lowest BCUT2D eigenvalue weighted by atomic mass is 10.1. The second kappa shape index (κ2) is 10.7. The van der Waals surface area contributed by atoms with Crippen molar-refractivity contribution in [3.8, 4) is 17.2 Å². The fourth-order valence-corrected chi connectivity index (χ4v) is 3.72. The normalized spacial score (nSPS) is 11.2. The molecule has 0 aliphatic heterocycles. The van der Waals surface area contributed by atoms with Crippen molar-refractivity contribution in [2.75, 3.05) is 7.11 Å². The lowest BCUT2D eigenvalue weighted by Gasteiger charge is -2.10. The molecule has 0 spiro atoms. The third-order valence-electron chi connectivity index (χ3n) is 4.28. The molecule has 0 aliphatic rings. The maximum atomic E-state index is 13.0. The molecular formula is C22H20F2N4O4S. The first-order valence-corrected chi connectivity index (χ1v) is 10.5. The molecule has 2 aromatic carbocycles. The number of benzene rings is 2. The smallest absolute Gasteiger partial charge is 0.280 e. The zero-order chi connectivity index (χ0) is 24.0. The van der Waals surface area contributed by atoms with Crippen molar-refractivity contribution < 1.29 is 28.5 Å². The lowest BCUT2D eigenvalue weighted by molar-refractivity contribution is 0.0954. The maximum Gasteiger partial charge on any atom is 0.280 e. The lowest BCUT2D eigenvalue weighted by Crippen LogP contribution is -2.17. The average molecular weight is 474 g/mol. The molecule has 3 N–H and O–H groups in total. The van der Waals surface area contributed by atoms with Crippen LogP contribution in [-0.4, -0.2) is 39.4 Å². The number of hydrazone groups is 1. The van der Waals surface area contributed by atoms with E-state index >= 15 is 0 Å². The standard InChI is InChI=1S/C22H20F2N4O4S/c1-12-5-18(20(23)24)27-22(26-12)33-11-15-6-13(3-4-19(15)32-2)10-25-28-21(31)14-7-16(29)9-17(30)8-14/h3-10,20,29-30H,11H2,1-2H3,(H,28,31)/b25-10+. The molecule has 1 heterocycles. The Morgan fingerprint density at radius 1 is 1.18 bits per heavy atom. The minimum Gasteiger partial charge on any atom is -0.508 e. The van der Waals surface area contributed by atoms with Gasteiger partial charge in [0.05, 0.1) is 13.3 Å². The topological polar surface area (TPSA) is 117 Å². The molecule has 1 amide bonds. The first-order chi connectivity index (χ1) is 15.7.